The van der Waals surface area contributed by atoms with E-state index < -0.39 is 0 Å². The van der Waals surface area contributed by atoms with Crippen molar-refractivity contribution >= 4 is 39.5 Å². The van der Waals surface area contributed by atoms with Gasteiger partial charge in [-0.1, -0.05) is 35.5 Å². The minimum absolute atomic E-state index is 0.431. The van der Waals surface area contributed by atoms with Crippen LogP contribution in [0.3, 0.4) is 0 Å². The van der Waals surface area contributed by atoms with Crippen molar-refractivity contribution in [3.63, 3.8) is 0 Å². The second-order valence-corrected chi connectivity index (χ2v) is 9.95. The van der Waals surface area contributed by atoms with Crippen LogP contribution in [0.4, 0.5) is 5.69 Å². The Morgan fingerprint density at radius 3 is 2.79 bits per heavy atom. The molecule has 0 spiro atoms. The second kappa shape index (κ2) is 9.65. The highest BCUT2D eigenvalue weighted by Crippen LogP contribution is 2.34. The monoisotopic (exact) mass is 478 g/mol. The summed E-state index contributed by atoms with van der Waals surface area (Å²) in [4.78, 5) is 11.8. The fourth-order valence-electron chi connectivity index (χ4n) is 4.24. The Bertz CT molecular complexity index is 1230. The fraction of sp³-hybridized carbons (Fsp3) is 0.346. The Morgan fingerprint density at radius 2 is 2.00 bits per heavy atom. The molecule has 0 bridgehead atoms. The minimum Gasteiger partial charge on any atom is -0.356 e. The number of hydrogen-bond acceptors (Lipinski definition) is 5. The van der Waals surface area contributed by atoms with E-state index in [0.29, 0.717) is 11.2 Å². The number of allylic oxidation sites excluding steroid dienone is 4. The van der Waals surface area contributed by atoms with E-state index in [2.05, 4.69) is 65.7 Å². The first kappa shape index (κ1) is 22.1. The van der Waals surface area contributed by atoms with Crippen LogP contribution in [-0.4, -0.2) is 33.4 Å². The van der Waals surface area contributed by atoms with Gasteiger partial charge >= 0.3 is 0 Å². The molecule has 2 aliphatic rings. The lowest BCUT2D eigenvalue weighted by atomic mass is 9.98. The molecule has 0 atom stereocenters. The molecule has 3 heterocycles. The molecule has 5 nitrogen and oxygen atoms in total. The van der Waals surface area contributed by atoms with Crippen molar-refractivity contribution in [2.75, 3.05) is 13.1 Å². The van der Waals surface area contributed by atoms with Crippen LogP contribution < -0.4 is 0 Å². The van der Waals surface area contributed by atoms with Crippen LogP contribution in [-0.2, 0) is 0 Å². The van der Waals surface area contributed by atoms with Gasteiger partial charge in [0.05, 0.1) is 10.7 Å². The summed E-state index contributed by atoms with van der Waals surface area (Å²) in [5.41, 5.74) is 6.06. The van der Waals surface area contributed by atoms with E-state index in [-0.39, 0.29) is 0 Å². The molecule has 0 amide bonds. The summed E-state index contributed by atoms with van der Waals surface area (Å²) in [5.74, 6) is 1.24. The zero-order valence-electron chi connectivity index (χ0n) is 18.9. The van der Waals surface area contributed by atoms with Crippen molar-refractivity contribution in [1.29, 1.82) is 0 Å². The largest absolute Gasteiger partial charge is 0.356 e. The van der Waals surface area contributed by atoms with Crippen LogP contribution >= 0.6 is 22.9 Å². The highest BCUT2D eigenvalue weighted by atomic mass is 35.5. The maximum absolute atomic E-state index is 6.60. The third-order valence-electron chi connectivity index (χ3n) is 6.26. The highest BCUT2D eigenvalue weighted by Gasteiger charge is 2.25. The summed E-state index contributed by atoms with van der Waals surface area (Å²) in [6.45, 7) is 5.89. The van der Waals surface area contributed by atoms with Crippen molar-refractivity contribution in [2.45, 2.75) is 45.4 Å². The topological polar surface area (TPSA) is 54.5 Å². The smallest absolute Gasteiger partial charge is 0.199 e. The van der Waals surface area contributed by atoms with Gasteiger partial charge in [-0.2, -0.15) is 0 Å². The Morgan fingerprint density at radius 1 is 1.15 bits per heavy atom. The van der Waals surface area contributed by atoms with Gasteiger partial charge in [-0.25, -0.2) is 9.98 Å². The second-order valence-electron chi connectivity index (χ2n) is 8.72. The number of likely N-dealkylation sites (tertiary alicyclic amines) is 1. The number of halogens is 1. The van der Waals surface area contributed by atoms with Crippen molar-refractivity contribution in [1.82, 2.24) is 15.0 Å². The Kier molecular flexibility index (Phi) is 6.47. The molecule has 0 saturated carbocycles. The third kappa shape index (κ3) is 4.97. The number of nitrogens with zero attached hydrogens (tertiary/aromatic N) is 4. The molecule has 5 rings (SSSR count). The molecule has 170 valence electrons. The summed E-state index contributed by atoms with van der Waals surface area (Å²) in [7, 11) is 0. The summed E-state index contributed by atoms with van der Waals surface area (Å²) < 4.78 is 5.58. The molecule has 0 N–H and O–H groups in total. The number of rotatable bonds is 4. The molecule has 0 radical (unpaired) electrons. The fourth-order valence-corrected chi connectivity index (χ4v) is 5.49. The molecule has 2 aromatic heterocycles. The summed E-state index contributed by atoms with van der Waals surface area (Å²) in [6, 6.07) is 8.26. The van der Waals surface area contributed by atoms with Crippen LogP contribution in [0.25, 0.3) is 17.0 Å². The van der Waals surface area contributed by atoms with Gasteiger partial charge in [0.2, 0.25) is 0 Å². The predicted octanol–water partition coefficient (Wildman–Crippen LogP) is 7.25. The van der Waals surface area contributed by atoms with Crippen LogP contribution in [0.15, 0.2) is 57.4 Å². The number of benzene rings is 1. The molecule has 0 unspecified atom stereocenters. The number of hydrogen-bond donors (Lipinski definition) is 0. The van der Waals surface area contributed by atoms with Crippen LogP contribution in [0.1, 0.15) is 53.5 Å². The lowest BCUT2D eigenvalue weighted by Crippen LogP contribution is -2.35. The number of amidine groups is 1. The first-order valence-electron chi connectivity index (χ1n) is 11.4. The predicted molar refractivity (Wildman–Crippen MR) is 136 cm³/mol. The highest BCUT2D eigenvalue weighted by molar-refractivity contribution is 7.10. The van der Waals surface area contributed by atoms with Crippen LogP contribution in [0, 0.1) is 13.8 Å². The Hall–Kier alpha value is -2.70. The van der Waals surface area contributed by atoms with E-state index in [1.807, 2.05) is 6.07 Å². The number of aromatic nitrogens is 2. The first-order valence-corrected chi connectivity index (χ1v) is 12.7. The lowest BCUT2D eigenvalue weighted by molar-refractivity contribution is 0.317. The van der Waals surface area contributed by atoms with Crippen molar-refractivity contribution in [3.05, 3.63) is 69.8 Å². The summed E-state index contributed by atoms with van der Waals surface area (Å²) >= 11 is 8.31. The van der Waals surface area contributed by atoms with Gasteiger partial charge < -0.3 is 9.42 Å². The normalized spacial score (nSPS) is 17.5. The summed E-state index contributed by atoms with van der Waals surface area (Å²) in [5, 5.41) is 8.08. The van der Waals surface area contributed by atoms with E-state index in [1.54, 1.807) is 11.3 Å². The van der Waals surface area contributed by atoms with E-state index in [4.69, 9.17) is 26.1 Å². The quantitative estimate of drug-likeness (QED) is 0.225. The van der Waals surface area contributed by atoms with Crippen molar-refractivity contribution < 1.29 is 4.52 Å². The van der Waals surface area contributed by atoms with Crippen molar-refractivity contribution in [2.24, 2.45) is 4.99 Å². The summed E-state index contributed by atoms with van der Waals surface area (Å²) in [6.07, 6.45) is 10.6. The molecule has 3 aromatic rings. The van der Waals surface area contributed by atoms with Gasteiger partial charge in [-0.05, 0) is 68.3 Å². The molecular weight excluding hydrogens is 452 g/mol. The maximum atomic E-state index is 6.60. The first-order chi connectivity index (χ1) is 16.1. The molecule has 1 saturated heterocycles. The standard InChI is InChI=1S/C26H27ClN4OS/c1-17-8-9-18(2)21(14-17)29-26(27)31-12-10-20(11-13-31)25-28-23(16-33-25)22-15-24(32-30-22)19-6-4-3-5-7-19/h4,6-9,14-16,20H,3,5,10-13H2,1-2H3. The minimum atomic E-state index is 0.431. The van der Waals surface area contributed by atoms with Crippen LogP contribution in [0.2, 0.25) is 0 Å². The average Bonchev–Trinajstić information content (AvgIpc) is 3.52. The number of aryl methyl sites for hydroxylation is 2. The van der Waals surface area contributed by atoms with Gasteiger partial charge in [-0.3, -0.25) is 0 Å². The van der Waals surface area contributed by atoms with E-state index in [1.165, 1.54) is 5.56 Å². The van der Waals surface area contributed by atoms with Gasteiger partial charge in [0.1, 0.15) is 11.4 Å². The molecule has 7 heteroatoms. The van der Waals surface area contributed by atoms with Gasteiger partial charge in [-0.15, -0.1) is 11.3 Å². The molecular formula is C26H27ClN4OS. The molecule has 1 aliphatic heterocycles. The van der Waals surface area contributed by atoms with Crippen molar-refractivity contribution in [3.8, 4) is 11.4 Å². The zero-order valence-corrected chi connectivity index (χ0v) is 20.5. The average molecular weight is 479 g/mol. The van der Waals surface area contributed by atoms with E-state index in [9.17, 15) is 0 Å². The number of aliphatic imine (C=N–C) groups is 1. The van der Waals surface area contributed by atoms with Gasteiger partial charge in [0.25, 0.3) is 0 Å². The number of piperidine rings is 1. The molecule has 1 aliphatic carbocycles. The van der Waals surface area contributed by atoms with E-state index in [0.717, 1.165) is 77.8 Å². The van der Waals surface area contributed by atoms with Gasteiger partial charge in [0.15, 0.2) is 11.1 Å². The van der Waals surface area contributed by atoms with E-state index >= 15 is 0 Å². The molecule has 33 heavy (non-hydrogen) atoms. The third-order valence-corrected chi connectivity index (χ3v) is 7.59. The zero-order chi connectivity index (χ0) is 22.8. The Labute approximate surface area is 203 Å². The lowest BCUT2D eigenvalue weighted by Gasteiger charge is -2.31. The molecule has 1 fully saturated rings. The maximum Gasteiger partial charge on any atom is 0.199 e. The molecule has 1 aromatic carbocycles. The van der Waals surface area contributed by atoms with Crippen LogP contribution in [0.5, 0.6) is 0 Å². The SMILES string of the molecule is Cc1ccc(C)c(N=C(Cl)N2CCC(c3nc(-c4cc(C5=CCCC=C5)on4)cs3)CC2)c1. The van der Waals surface area contributed by atoms with Gasteiger partial charge in [0, 0.05) is 36.0 Å². The number of thiazole rings is 1. The Balaban J connectivity index is 1.23.